The maximum atomic E-state index is 11.7. The summed E-state index contributed by atoms with van der Waals surface area (Å²) in [6.45, 7) is 9.51. The molecular weight excluding hydrogens is 232 g/mol. The molecule has 1 saturated heterocycles. The summed E-state index contributed by atoms with van der Waals surface area (Å²) in [6.07, 6.45) is 1.03. The number of rotatable bonds is 2. The number of nitrogens with zero attached hydrogens (tertiary/aromatic N) is 1. The number of urea groups is 1. The highest BCUT2D eigenvalue weighted by Gasteiger charge is 2.17. The molecule has 0 aromatic rings. The van der Waals surface area contributed by atoms with Crippen molar-refractivity contribution in [2.75, 3.05) is 32.7 Å². The fourth-order valence-electron chi connectivity index (χ4n) is 1.80. The highest BCUT2D eigenvalue weighted by Crippen LogP contribution is 1.98. The van der Waals surface area contributed by atoms with Gasteiger partial charge < -0.3 is 10.6 Å². The molecule has 1 aliphatic heterocycles. The second-order valence-electron chi connectivity index (χ2n) is 5.63. The lowest BCUT2D eigenvalue weighted by molar-refractivity contribution is -0.121. The number of hydrogen-bond donors (Lipinski definition) is 3. The molecule has 6 heteroatoms. The van der Waals surface area contributed by atoms with Gasteiger partial charge in [-0.15, -0.1) is 0 Å². The number of carbonyl (C=O) groups is 2. The highest BCUT2D eigenvalue weighted by molar-refractivity contribution is 5.95. The molecule has 1 rings (SSSR count). The molecular formula is C12H24N4O2. The first kappa shape index (κ1) is 14.9. The normalized spacial score (nSPS) is 17.9. The lowest BCUT2D eigenvalue weighted by Crippen LogP contribution is -2.50. The van der Waals surface area contributed by atoms with Crippen LogP contribution in [0.2, 0.25) is 0 Å². The first-order valence-electron chi connectivity index (χ1n) is 6.42. The zero-order chi connectivity index (χ0) is 13.6. The minimum Gasteiger partial charge on any atom is -0.333 e. The van der Waals surface area contributed by atoms with E-state index in [1.807, 2.05) is 20.8 Å². The van der Waals surface area contributed by atoms with Crippen LogP contribution in [0.15, 0.2) is 0 Å². The van der Waals surface area contributed by atoms with Gasteiger partial charge in [-0.1, -0.05) is 0 Å². The molecule has 0 bridgehead atoms. The molecule has 1 heterocycles. The smallest absolute Gasteiger partial charge is 0.321 e. The van der Waals surface area contributed by atoms with Crippen molar-refractivity contribution in [1.29, 1.82) is 0 Å². The predicted molar refractivity (Wildman–Crippen MR) is 70.4 cm³/mol. The van der Waals surface area contributed by atoms with Crippen LogP contribution in [0, 0.1) is 0 Å². The van der Waals surface area contributed by atoms with Gasteiger partial charge in [0.15, 0.2) is 0 Å². The van der Waals surface area contributed by atoms with Crippen molar-refractivity contribution in [2.24, 2.45) is 0 Å². The molecule has 6 nitrogen and oxygen atoms in total. The van der Waals surface area contributed by atoms with Crippen LogP contribution in [0.3, 0.4) is 0 Å². The average molecular weight is 256 g/mol. The average Bonchev–Trinajstić information content (AvgIpc) is 2.42. The van der Waals surface area contributed by atoms with Crippen molar-refractivity contribution in [3.63, 3.8) is 0 Å². The Hall–Kier alpha value is -1.14. The van der Waals surface area contributed by atoms with E-state index in [0.717, 1.165) is 32.6 Å². The highest BCUT2D eigenvalue weighted by atomic mass is 16.2. The summed E-state index contributed by atoms with van der Waals surface area (Å²) in [5.74, 6) is -0.251. The quantitative estimate of drug-likeness (QED) is 0.645. The van der Waals surface area contributed by atoms with Crippen molar-refractivity contribution in [2.45, 2.75) is 32.7 Å². The summed E-state index contributed by atoms with van der Waals surface area (Å²) < 4.78 is 0. The van der Waals surface area contributed by atoms with E-state index in [-0.39, 0.29) is 18.0 Å². The lowest BCUT2D eigenvalue weighted by Gasteiger charge is -2.22. The monoisotopic (exact) mass is 256 g/mol. The molecule has 1 aliphatic rings. The van der Waals surface area contributed by atoms with Gasteiger partial charge in [0.1, 0.15) is 0 Å². The topological polar surface area (TPSA) is 73.5 Å². The van der Waals surface area contributed by atoms with Crippen LogP contribution in [-0.2, 0) is 4.79 Å². The molecule has 1 fully saturated rings. The number of carbonyl (C=O) groups excluding carboxylic acids is 2. The van der Waals surface area contributed by atoms with Gasteiger partial charge in [-0.25, -0.2) is 4.79 Å². The summed E-state index contributed by atoms with van der Waals surface area (Å²) in [5.41, 5.74) is -0.336. The molecule has 0 atom stereocenters. The molecule has 0 aliphatic carbocycles. The van der Waals surface area contributed by atoms with E-state index in [2.05, 4.69) is 20.9 Å². The Morgan fingerprint density at radius 3 is 2.61 bits per heavy atom. The van der Waals surface area contributed by atoms with Gasteiger partial charge in [0.2, 0.25) is 5.91 Å². The lowest BCUT2D eigenvalue weighted by atomic mass is 10.1. The summed E-state index contributed by atoms with van der Waals surface area (Å²) in [4.78, 5) is 25.2. The minimum absolute atomic E-state index is 0.251. The van der Waals surface area contributed by atoms with E-state index >= 15 is 0 Å². The van der Waals surface area contributed by atoms with Crippen LogP contribution < -0.4 is 16.0 Å². The van der Waals surface area contributed by atoms with Crippen molar-refractivity contribution < 1.29 is 9.59 Å². The Labute approximate surface area is 108 Å². The maximum absolute atomic E-state index is 11.7. The Morgan fingerprint density at radius 2 is 1.94 bits per heavy atom. The van der Waals surface area contributed by atoms with Gasteiger partial charge in [0.25, 0.3) is 0 Å². The van der Waals surface area contributed by atoms with Gasteiger partial charge in [-0.05, 0) is 40.3 Å². The second-order valence-corrected chi connectivity index (χ2v) is 5.63. The fraction of sp³-hybridized carbons (Fsp3) is 0.833. The Kier molecular flexibility index (Phi) is 5.55. The first-order valence-corrected chi connectivity index (χ1v) is 6.42. The van der Waals surface area contributed by atoms with E-state index in [0.29, 0.717) is 0 Å². The number of imide groups is 1. The van der Waals surface area contributed by atoms with E-state index in [9.17, 15) is 9.59 Å². The van der Waals surface area contributed by atoms with Gasteiger partial charge in [-0.3, -0.25) is 15.0 Å². The van der Waals surface area contributed by atoms with Crippen LogP contribution in [-0.4, -0.2) is 55.1 Å². The third-order valence-corrected chi connectivity index (χ3v) is 2.54. The molecule has 0 saturated carbocycles. The van der Waals surface area contributed by atoms with Crippen molar-refractivity contribution in [3.8, 4) is 0 Å². The van der Waals surface area contributed by atoms with Crippen molar-refractivity contribution in [1.82, 2.24) is 20.9 Å². The second kappa shape index (κ2) is 6.70. The number of hydrogen-bond acceptors (Lipinski definition) is 4. The van der Waals surface area contributed by atoms with E-state index in [1.54, 1.807) is 0 Å². The molecule has 0 aromatic heterocycles. The molecule has 0 spiro atoms. The number of amides is 3. The standard InChI is InChI=1S/C12H24N4O2/c1-12(2,3)15-11(18)14-10(17)9-16-7-4-5-13-6-8-16/h13H,4-9H2,1-3H3,(H2,14,15,17,18). The summed E-state index contributed by atoms with van der Waals surface area (Å²) in [7, 11) is 0. The largest absolute Gasteiger partial charge is 0.333 e. The molecule has 0 radical (unpaired) electrons. The van der Waals surface area contributed by atoms with Crippen LogP contribution in [0.25, 0.3) is 0 Å². The van der Waals surface area contributed by atoms with Crippen LogP contribution in [0.4, 0.5) is 4.79 Å². The maximum Gasteiger partial charge on any atom is 0.321 e. The van der Waals surface area contributed by atoms with E-state index in [4.69, 9.17) is 0 Å². The zero-order valence-corrected chi connectivity index (χ0v) is 11.5. The SMILES string of the molecule is CC(C)(C)NC(=O)NC(=O)CN1CCCNCC1. The number of nitrogens with one attached hydrogen (secondary N) is 3. The molecule has 0 unspecified atom stereocenters. The summed E-state index contributed by atoms with van der Waals surface area (Å²) in [6, 6.07) is -0.430. The molecule has 3 amide bonds. The summed E-state index contributed by atoms with van der Waals surface area (Å²) >= 11 is 0. The van der Waals surface area contributed by atoms with Gasteiger partial charge in [0, 0.05) is 18.6 Å². The zero-order valence-electron chi connectivity index (χ0n) is 11.5. The van der Waals surface area contributed by atoms with Crippen molar-refractivity contribution in [3.05, 3.63) is 0 Å². The molecule has 0 aromatic carbocycles. The van der Waals surface area contributed by atoms with Crippen LogP contribution >= 0.6 is 0 Å². The minimum atomic E-state index is -0.430. The van der Waals surface area contributed by atoms with E-state index < -0.39 is 6.03 Å². The first-order chi connectivity index (χ1) is 8.37. The predicted octanol–water partition coefficient (Wildman–Crippen LogP) is -0.0940. The Morgan fingerprint density at radius 1 is 1.22 bits per heavy atom. The van der Waals surface area contributed by atoms with Crippen molar-refractivity contribution >= 4 is 11.9 Å². The third kappa shape index (κ3) is 6.56. The summed E-state index contributed by atoms with van der Waals surface area (Å²) in [5, 5.41) is 8.32. The Bertz CT molecular complexity index is 291. The molecule has 104 valence electrons. The van der Waals surface area contributed by atoms with Gasteiger partial charge in [-0.2, -0.15) is 0 Å². The van der Waals surface area contributed by atoms with Gasteiger partial charge >= 0.3 is 6.03 Å². The van der Waals surface area contributed by atoms with Crippen LogP contribution in [0.1, 0.15) is 27.2 Å². The molecule has 18 heavy (non-hydrogen) atoms. The van der Waals surface area contributed by atoms with Gasteiger partial charge in [0.05, 0.1) is 6.54 Å². The third-order valence-electron chi connectivity index (χ3n) is 2.54. The van der Waals surface area contributed by atoms with Crippen LogP contribution in [0.5, 0.6) is 0 Å². The van der Waals surface area contributed by atoms with E-state index in [1.165, 1.54) is 0 Å². The fourth-order valence-corrected chi connectivity index (χ4v) is 1.80. The Balaban J connectivity index is 2.29. The molecule has 3 N–H and O–H groups in total.